The number of aromatic nitrogens is 2. The van der Waals surface area contributed by atoms with Gasteiger partial charge in [0.15, 0.2) is 0 Å². The third-order valence-corrected chi connectivity index (χ3v) is 5.18. The first-order chi connectivity index (χ1) is 14.1. The zero-order valence-electron chi connectivity index (χ0n) is 18.1. The molecule has 158 valence electrons. The van der Waals surface area contributed by atoms with Gasteiger partial charge in [0, 0.05) is 73.0 Å². The summed E-state index contributed by atoms with van der Waals surface area (Å²) in [5.74, 6) is 1.76. The molecule has 2 heterocycles. The number of rotatable bonds is 10. The van der Waals surface area contributed by atoms with Gasteiger partial charge in [0.25, 0.3) is 0 Å². The fourth-order valence-corrected chi connectivity index (χ4v) is 3.60. The molecule has 7 nitrogen and oxygen atoms in total. The van der Waals surface area contributed by atoms with Crippen molar-refractivity contribution in [2.24, 2.45) is 0 Å². The molecule has 0 radical (unpaired) electrons. The molecule has 0 atom stereocenters. The van der Waals surface area contributed by atoms with Gasteiger partial charge in [-0.2, -0.15) is 4.98 Å². The molecule has 1 aromatic heterocycles. The van der Waals surface area contributed by atoms with Crippen molar-refractivity contribution in [3.8, 4) is 0 Å². The Kier molecular flexibility index (Phi) is 7.80. The summed E-state index contributed by atoms with van der Waals surface area (Å²) in [7, 11) is 7.45. The number of anilines is 2. The zero-order valence-corrected chi connectivity index (χ0v) is 18.1. The Labute approximate surface area is 174 Å². The van der Waals surface area contributed by atoms with Gasteiger partial charge >= 0.3 is 0 Å². The van der Waals surface area contributed by atoms with Crippen LogP contribution in [0.15, 0.2) is 30.3 Å². The van der Waals surface area contributed by atoms with Crippen molar-refractivity contribution in [1.29, 1.82) is 0 Å². The summed E-state index contributed by atoms with van der Waals surface area (Å²) < 4.78 is 10.7. The predicted octanol–water partition coefficient (Wildman–Crippen LogP) is 2.20. The molecule has 0 bridgehead atoms. The fraction of sp³-hybridized carbons (Fsp3) is 0.545. The van der Waals surface area contributed by atoms with Crippen molar-refractivity contribution < 1.29 is 9.47 Å². The normalized spacial score (nSPS) is 13.9. The number of benzene rings is 1. The molecule has 7 heteroatoms. The molecule has 0 N–H and O–H groups in total. The molecule has 1 aliphatic rings. The Bertz CT molecular complexity index is 761. The lowest BCUT2D eigenvalue weighted by Gasteiger charge is -2.33. The quantitative estimate of drug-likeness (QED) is 0.607. The van der Waals surface area contributed by atoms with E-state index >= 15 is 0 Å². The number of methoxy groups -OCH3 is 2. The summed E-state index contributed by atoms with van der Waals surface area (Å²) in [6, 6.07) is 10.6. The zero-order chi connectivity index (χ0) is 20.6. The molecule has 0 saturated heterocycles. The molecular formula is C22H33N5O2. The number of hydrogen-bond acceptors (Lipinski definition) is 7. The summed E-state index contributed by atoms with van der Waals surface area (Å²) in [5.41, 5.74) is 3.71. The summed E-state index contributed by atoms with van der Waals surface area (Å²) >= 11 is 0. The van der Waals surface area contributed by atoms with E-state index < -0.39 is 0 Å². The van der Waals surface area contributed by atoms with Gasteiger partial charge in [0.1, 0.15) is 5.82 Å². The van der Waals surface area contributed by atoms with Crippen LogP contribution in [0.5, 0.6) is 0 Å². The SMILES string of the molecule is COCCN(CCOC)c1nc(N(C)C)nc2c1CN(Cc1ccccc1)CC2. The third-order valence-electron chi connectivity index (χ3n) is 5.18. The maximum atomic E-state index is 5.35. The lowest BCUT2D eigenvalue weighted by molar-refractivity contribution is 0.189. The highest BCUT2D eigenvalue weighted by atomic mass is 16.5. The van der Waals surface area contributed by atoms with Gasteiger partial charge in [0.05, 0.1) is 18.9 Å². The minimum atomic E-state index is 0.646. The Hall–Kier alpha value is -2.22. The van der Waals surface area contributed by atoms with Crippen molar-refractivity contribution in [3.63, 3.8) is 0 Å². The highest BCUT2D eigenvalue weighted by molar-refractivity contribution is 5.54. The molecule has 0 spiro atoms. The fourth-order valence-electron chi connectivity index (χ4n) is 3.60. The molecule has 1 aromatic carbocycles. The number of nitrogens with zero attached hydrogens (tertiary/aromatic N) is 5. The largest absolute Gasteiger partial charge is 0.383 e. The van der Waals surface area contributed by atoms with Gasteiger partial charge < -0.3 is 19.3 Å². The van der Waals surface area contributed by atoms with Crippen LogP contribution in [0.25, 0.3) is 0 Å². The van der Waals surface area contributed by atoms with Crippen molar-refractivity contribution in [2.45, 2.75) is 19.5 Å². The van der Waals surface area contributed by atoms with Gasteiger partial charge in [-0.05, 0) is 5.56 Å². The molecule has 29 heavy (non-hydrogen) atoms. The van der Waals surface area contributed by atoms with Crippen molar-refractivity contribution in [1.82, 2.24) is 14.9 Å². The number of hydrogen-bond donors (Lipinski definition) is 0. The van der Waals surface area contributed by atoms with Gasteiger partial charge in [-0.15, -0.1) is 0 Å². The Morgan fingerprint density at radius 1 is 1.00 bits per heavy atom. The molecule has 3 rings (SSSR count). The number of ether oxygens (including phenoxy) is 2. The van der Waals surface area contributed by atoms with Gasteiger partial charge in [-0.25, -0.2) is 4.98 Å². The first-order valence-corrected chi connectivity index (χ1v) is 10.2. The molecule has 2 aromatic rings. The highest BCUT2D eigenvalue weighted by Gasteiger charge is 2.25. The molecule has 1 aliphatic heterocycles. The minimum absolute atomic E-state index is 0.646. The van der Waals surface area contributed by atoms with E-state index in [0.29, 0.717) is 13.2 Å². The average Bonchev–Trinajstić information content (AvgIpc) is 2.74. The number of fused-ring (bicyclic) bond motifs is 1. The van der Waals surface area contributed by atoms with E-state index in [1.165, 1.54) is 11.1 Å². The Morgan fingerprint density at radius 2 is 1.69 bits per heavy atom. The second-order valence-corrected chi connectivity index (χ2v) is 7.59. The topological polar surface area (TPSA) is 54.0 Å². The van der Waals surface area contributed by atoms with Crippen LogP contribution < -0.4 is 9.80 Å². The van der Waals surface area contributed by atoms with E-state index in [-0.39, 0.29) is 0 Å². The molecular weight excluding hydrogens is 366 g/mol. The van der Waals surface area contributed by atoms with Crippen LogP contribution in [-0.4, -0.2) is 76.0 Å². The summed E-state index contributed by atoms with van der Waals surface area (Å²) in [6.45, 7) is 5.63. The van der Waals surface area contributed by atoms with Gasteiger partial charge in [-0.1, -0.05) is 30.3 Å². The van der Waals surface area contributed by atoms with E-state index in [1.54, 1.807) is 14.2 Å². The van der Waals surface area contributed by atoms with Crippen molar-refractivity contribution >= 4 is 11.8 Å². The summed E-state index contributed by atoms with van der Waals surface area (Å²) in [5, 5.41) is 0. The second kappa shape index (κ2) is 10.5. The van der Waals surface area contributed by atoms with Crippen LogP contribution in [0.1, 0.15) is 16.8 Å². The monoisotopic (exact) mass is 399 g/mol. The predicted molar refractivity (Wildman–Crippen MR) is 117 cm³/mol. The molecule has 0 saturated carbocycles. The van der Waals surface area contributed by atoms with E-state index in [2.05, 4.69) is 40.1 Å². The van der Waals surface area contributed by atoms with Crippen LogP contribution in [0.2, 0.25) is 0 Å². The summed E-state index contributed by atoms with van der Waals surface area (Å²) in [4.78, 5) is 16.5. The van der Waals surface area contributed by atoms with Crippen LogP contribution >= 0.6 is 0 Å². The maximum Gasteiger partial charge on any atom is 0.227 e. The van der Waals surface area contributed by atoms with Crippen molar-refractivity contribution in [3.05, 3.63) is 47.2 Å². The van der Waals surface area contributed by atoms with Crippen molar-refractivity contribution in [2.75, 3.05) is 71.0 Å². The molecule has 0 amide bonds. The smallest absolute Gasteiger partial charge is 0.227 e. The van der Waals surface area contributed by atoms with E-state index in [9.17, 15) is 0 Å². The van der Waals surface area contributed by atoms with Crippen LogP contribution in [-0.2, 0) is 29.0 Å². The summed E-state index contributed by atoms with van der Waals surface area (Å²) in [6.07, 6.45) is 0.931. The molecule has 0 unspecified atom stereocenters. The van der Waals surface area contributed by atoms with E-state index in [0.717, 1.165) is 56.6 Å². The molecule has 0 aliphatic carbocycles. The third kappa shape index (κ3) is 5.65. The Morgan fingerprint density at radius 3 is 2.31 bits per heavy atom. The maximum absolute atomic E-state index is 5.35. The van der Waals surface area contributed by atoms with Gasteiger partial charge in [-0.3, -0.25) is 4.90 Å². The van der Waals surface area contributed by atoms with E-state index in [1.807, 2.05) is 19.0 Å². The molecule has 0 fully saturated rings. The van der Waals surface area contributed by atoms with Gasteiger partial charge in [0.2, 0.25) is 5.95 Å². The highest BCUT2D eigenvalue weighted by Crippen LogP contribution is 2.29. The van der Waals surface area contributed by atoms with Crippen LogP contribution in [0.3, 0.4) is 0 Å². The average molecular weight is 400 g/mol. The van der Waals surface area contributed by atoms with E-state index in [4.69, 9.17) is 19.4 Å². The first-order valence-electron chi connectivity index (χ1n) is 10.2. The Balaban J connectivity index is 1.90. The standard InChI is InChI=1S/C22H33N5O2/c1-25(2)22-23-20-10-11-26(16-18-8-6-5-7-9-18)17-19(20)21(24-22)27(12-14-28-3)13-15-29-4/h5-9H,10-17H2,1-4H3. The lowest BCUT2D eigenvalue weighted by Crippen LogP contribution is -2.37. The van der Waals surface area contributed by atoms with Crippen LogP contribution in [0.4, 0.5) is 11.8 Å². The lowest BCUT2D eigenvalue weighted by atomic mass is 10.0. The second-order valence-electron chi connectivity index (χ2n) is 7.59. The van der Waals surface area contributed by atoms with Crippen LogP contribution in [0, 0.1) is 0 Å². The minimum Gasteiger partial charge on any atom is -0.383 e. The first kappa shape index (κ1) is 21.5.